The molecule has 2 aromatic rings. The summed E-state index contributed by atoms with van der Waals surface area (Å²) >= 11 is 0. The van der Waals surface area contributed by atoms with Crippen molar-refractivity contribution in [3.05, 3.63) is 59.7 Å². The summed E-state index contributed by atoms with van der Waals surface area (Å²) in [5, 5.41) is 2.84. The van der Waals surface area contributed by atoms with E-state index < -0.39 is 0 Å². The average Bonchev–Trinajstić information content (AvgIpc) is 2.54. The van der Waals surface area contributed by atoms with Crippen LogP contribution in [-0.2, 0) is 10.2 Å². The number of hydrogen-bond donors (Lipinski definition) is 1. The van der Waals surface area contributed by atoms with Crippen molar-refractivity contribution in [3.8, 4) is 0 Å². The number of anilines is 2. The molecule has 0 aliphatic rings. The molecule has 0 aliphatic heterocycles. The summed E-state index contributed by atoms with van der Waals surface area (Å²) in [7, 11) is 1.89. The summed E-state index contributed by atoms with van der Waals surface area (Å²) in [6.45, 7) is 8.27. The van der Waals surface area contributed by atoms with E-state index in [1.165, 1.54) is 12.5 Å². The molecule has 0 radical (unpaired) electrons. The first-order chi connectivity index (χ1) is 11.7. The molecule has 1 amide bonds. The minimum absolute atomic E-state index is 0.0212. The zero-order chi connectivity index (χ0) is 18.6. The zero-order valence-electron chi connectivity index (χ0n) is 15.6. The molecule has 0 saturated carbocycles. The van der Waals surface area contributed by atoms with Gasteiger partial charge in [-0.05, 0) is 42.2 Å². The first-order valence-electron chi connectivity index (χ1n) is 8.39. The minimum Gasteiger partial charge on any atom is -0.365 e. The van der Waals surface area contributed by atoms with Gasteiger partial charge < -0.3 is 10.2 Å². The molecule has 2 aromatic carbocycles. The van der Waals surface area contributed by atoms with Crippen molar-refractivity contribution in [2.45, 2.75) is 33.1 Å². The predicted octanol–water partition coefficient (Wildman–Crippen LogP) is 4.26. The molecule has 0 unspecified atom stereocenters. The molecule has 1 N–H and O–H groups in total. The Bertz CT molecular complexity index is 758. The summed E-state index contributed by atoms with van der Waals surface area (Å²) in [6.07, 6.45) is 0. The quantitative estimate of drug-likeness (QED) is 0.829. The van der Waals surface area contributed by atoms with Gasteiger partial charge in [0.15, 0.2) is 5.78 Å². The maximum Gasteiger partial charge on any atom is 0.243 e. The highest BCUT2D eigenvalue weighted by Crippen LogP contribution is 2.24. The zero-order valence-corrected chi connectivity index (χ0v) is 15.6. The van der Waals surface area contributed by atoms with Gasteiger partial charge in [0.05, 0.1) is 6.54 Å². The number of rotatable bonds is 5. The fourth-order valence-electron chi connectivity index (χ4n) is 2.54. The SMILES string of the molecule is CC(=O)c1cccc(NC(=O)CN(C)c2ccc(C(C)(C)C)cc2)c1. The third kappa shape index (κ3) is 5.18. The summed E-state index contributed by atoms with van der Waals surface area (Å²) in [6, 6.07) is 15.2. The van der Waals surface area contributed by atoms with Crippen LogP contribution < -0.4 is 10.2 Å². The first kappa shape index (κ1) is 18.7. The molecule has 4 heteroatoms. The lowest BCUT2D eigenvalue weighted by atomic mass is 9.87. The largest absolute Gasteiger partial charge is 0.365 e. The second-order valence-electron chi connectivity index (χ2n) is 7.34. The highest BCUT2D eigenvalue weighted by atomic mass is 16.2. The molecule has 0 bridgehead atoms. The van der Waals surface area contributed by atoms with Crippen LogP contribution in [0.25, 0.3) is 0 Å². The molecular formula is C21H26N2O2. The van der Waals surface area contributed by atoms with Crippen molar-refractivity contribution in [1.82, 2.24) is 0 Å². The van der Waals surface area contributed by atoms with Gasteiger partial charge in [-0.25, -0.2) is 0 Å². The molecular weight excluding hydrogens is 312 g/mol. The van der Waals surface area contributed by atoms with Gasteiger partial charge in [-0.3, -0.25) is 9.59 Å². The van der Waals surface area contributed by atoms with Gasteiger partial charge in [-0.15, -0.1) is 0 Å². The van der Waals surface area contributed by atoms with Gasteiger partial charge >= 0.3 is 0 Å². The molecule has 4 nitrogen and oxygen atoms in total. The van der Waals surface area contributed by atoms with Crippen molar-refractivity contribution in [3.63, 3.8) is 0 Å². The molecule has 0 fully saturated rings. The van der Waals surface area contributed by atoms with E-state index in [9.17, 15) is 9.59 Å². The maximum absolute atomic E-state index is 12.3. The summed E-state index contributed by atoms with van der Waals surface area (Å²) in [5.74, 6) is -0.143. The number of carbonyl (C=O) groups is 2. The lowest BCUT2D eigenvalue weighted by Crippen LogP contribution is -2.30. The molecule has 25 heavy (non-hydrogen) atoms. The molecule has 0 spiro atoms. The summed E-state index contributed by atoms with van der Waals surface area (Å²) in [5.41, 5.74) is 3.57. The Kier molecular flexibility index (Phi) is 5.62. The normalized spacial score (nSPS) is 11.1. The van der Waals surface area contributed by atoms with Crippen LogP contribution in [0.15, 0.2) is 48.5 Å². The van der Waals surface area contributed by atoms with E-state index in [-0.39, 0.29) is 23.7 Å². The van der Waals surface area contributed by atoms with E-state index in [4.69, 9.17) is 0 Å². The van der Waals surface area contributed by atoms with Gasteiger partial charge in [0.25, 0.3) is 0 Å². The minimum atomic E-state index is -0.122. The van der Waals surface area contributed by atoms with Crippen LogP contribution in [0, 0.1) is 0 Å². The number of ketones is 1. The fourth-order valence-corrected chi connectivity index (χ4v) is 2.54. The van der Waals surface area contributed by atoms with E-state index in [2.05, 4.69) is 38.2 Å². The average molecular weight is 338 g/mol. The van der Waals surface area contributed by atoms with Crippen LogP contribution in [0.4, 0.5) is 11.4 Å². The standard InChI is InChI=1S/C21H26N2O2/c1-15(24)16-7-6-8-18(13-16)22-20(25)14-23(5)19-11-9-17(10-12-19)21(2,3)4/h6-13H,14H2,1-5H3,(H,22,25). The Balaban J connectivity index is 2.00. The van der Waals surface area contributed by atoms with Gasteiger partial charge in [-0.2, -0.15) is 0 Å². The van der Waals surface area contributed by atoms with E-state index in [1.54, 1.807) is 24.3 Å². The maximum atomic E-state index is 12.3. The Morgan fingerprint density at radius 1 is 1.04 bits per heavy atom. The van der Waals surface area contributed by atoms with Crippen molar-refractivity contribution in [2.75, 3.05) is 23.8 Å². The van der Waals surface area contributed by atoms with Crippen LogP contribution in [0.2, 0.25) is 0 Å². The number of Topliss-reactive ketones (excluding diaryl/α,β-unsaturated/α-hetero) is 1. The smallest absolute Gasteiger partial charge is 0.243 e. The number of amides is 1. The first-order valence-corrected chi connectivity index (χ1v) is 8.39. The number of benzene rings is 2. The van der Waals surface area contributed by atoms with Crippen molar-refractivity contribution in [1.29, 1.82) is 0 Å². The lowest BCUT2D eigenvalue weighted by Gasteiger charge is -2.22. The Morgan fingerprint density at radius 3 is 2.24 bits per heavy atom. The number of hydrogen-bond acceptors (Lipinski definition) is 3. The van der Waals surface area contributed by atoms with Crippen LogP contribution in [0.5, 0.6) is 0 Å². The van der Waals surface area contributed by atoms with Crippen LogP contribution in [0.3, 0.4) is 0 Å². The third-order valence-electron chi connectivity index (χ3n) is 4.11. The number of likely N-dealkylation sites (N-methyl/N-ethyl adjacent to an activating group) is 1. The fraction of sp³-hybridized carbons (Fsp3) is 0.333. The van der Waals surface area contributed by atoms with E-state index in [1.807, 2.05) is 24.1 Å². The third-order valence-corrected chi connectivity index (χ3v) is 4.11. The molecule has 0 saturated heterocycles. The van der Waals surface area contributed by atoms with E-state index >= 15 is 0 Å². The molecule has 132 valence electrons. The molecule has 0 heterocycles. The second-order valence-corrected chi connectivity index (χ2v) is 7.34. The Morgan fingerprint density at radius 2 is 1.68 bits per heavy atom. The van der Waals surface area contributed by atoms with Crippen molar-refractivity contribution in [2.24, 2.45) is 0 Å². The molecule has 0 aliphatic carbocycles. The monoisotopic (exact) mass is 338 g/mol. The van der Waals surface area contributed by atoms with Crippen molar-refractivity contribution >= 4 is 23.1 Å². The van der Waals surface area contributed by atoms with Gasteiger partial charge in [0, 0.05) is 24.0 Å². The summed E-state index contributed by atoms with van der Waals surface area (Å²) < 4.78 is 0. The number of nitrogens with zero attached hydrogens (tertiary/aromatic N) is 1. The van der Waals surface area contributed by atoms with Crippen molar-refractivity contribution < 1.29 is 9.59 Å². The molecule has 2 rings (SSSR count). The lowest BCUT2D eigenvalue weighted by molar-refractivity contribution is -0.114. The van der Waals surface area contributed by atoms with Crippen LogP contribution in [0.1, 0.15) is 43.6 Å². The Labute approximate surface area is 149 Å². The van der Waals surface area contributed by atoms with Gasteiger partial charge in [0.1, 0.15) is 0 Å². The topological polar surface area (TPSA) is 49.4 Å². The highest BCUT2D eigenvalue weighted by Gasteiger charge is 2.14. The van der Waals surface area contributed by atoms with Gasteiger partial charge in [-0.1, -0.05) is 45.0 Å². The summed E-state index contributed by atoms with van der Waals surface area (Å²) in [4.78, 5) is 25.6. The second kappa shape index (κ2) is 7.51. The van der Waals surface area contributed by atoms with E-state index in [0.29, 0.717) is 11.3 Å². The Hall–Kier alpha value is -2.62. The predicted molar refractivity (Wildman–Crippen MR) is 103 cm³/mol. The highest BCUT2D eigenvalue weighted by molar-refractivity contribution is 5.98. The van der Waals surface area contributed by atoms with Crippen LogP contribution >= 0.6 is 0 Å². The molecule has 0 aromatic heterocycles. The molecule has 0 atom stereocenters. The van der Waals surface area contributed by atoms with E-state index in [0.717, 1.165) is 5.69 Å². The van der Waals surface area contributed by atoms with Gasteiger partial charge in [0.2, 0.25) is 5.91 Å². The number of nitrogens with one attached hydrogen (secondary N) is 1. The van der Waals surface area contributed by atoms with Crippen LogP contribution in [-0.4, -0.2) is 25.3 Å². The number of carbonyl (C=O) groups excluding carboxylic acids is 2.